The summed E-state index contributed by atoms with van der Waals surface area (Å²) in [6, 6.07) is 11.7. The number of halogens is 1. The third-order valence-corrected chi connectivity index (χ3v) is 3.33. The van der Waals surface area contributed by atoms with E-state index in [9.17, 15) is 0 Å². The normalized spacial score (nSPS) is 10.5. The van der Waals surface area contributed by atoms with E-state index >= 15 is 0 Å². The van der Waals surface area contributed by atoms with Gasteiger partial charge in [-0.25, -0.2) is 4.68 Å². The fraction of sp³-hybridized carbons (Fsp3) is 0.0714. The maximum Gasteiger partial charge on any atom is 0.248 e. The zero-order valence-corrected chi connectivity index (χ0v) is 12.7. The molecular weight excluding hydrogens is 332 g/mol. The second-order valence-electron chi connectivity index (χ2n) is 4.45. The number of nitrogen functional groups attached to an aromatic ring is 1. The van der Waals surface area contributed by atoms with Gasteiger partial charge in [0.1, 0.15) is 0 Å². The summed E-state index contributed by atoms with van der Waals surface area (Å²) in [5, 5.41) is 7.42. The van der Waals surface area contributed by atoms with Crippen LogP contribution >= 0.6 is 15.9 Å². The summed E-state index contributed by atoms with van der Waals surface area (Å²) in [7, 11) is 0. The van der Waals surface area contributed by atoms with E-state index in [0.717, 1.165) is 15.7 Å². The fourth-order valence-corrected chi connectivity index (χ4v) is 2.34. The largest absolute Gasteiger partial charge is 0.368 e. The van der Waals surface area contributed by atoms with Crippen LogP contribution in [-0.2, 0) is 6.54 Å². The van der Waals surface area contributed by atoms with Crippen molar-refractivity contribution in [1.29, 1.82) is 0 Å². The molecule has 2 aromatic heterocycles. The SMILES string of the molecule is Nc1nc(Nc2cccnc2)nn1Cc1cccc(Br)c1. The molecule has 0 saturated heterocycles. The number of nitrogens with one attached hydrogen (secondary N) is 1. The molecule has 0 amide bonds. The maximum absolute atomic E-state index is 5.90. The van der Waals surface area contributed by atoms with Crippen LogP contribution in [0.1, 0.15) is 5.56 Å². The van der Waals surface area contributed by atoms with Gasteiger partial charge in [-0.1, -0.05) is 28.1 Å². The molecule has 0 unspecified atom stereocenters. The van der Waals surface area contributed by atoms with E-state index in [0.29, 0.717) is 18.4 Å². The molecule has 0 atom stereocenters. The highest BCUT2D eigenvalue weighted by molar-refractivity contribution is 9.10. The van der Waals surface area contributed by atoms with Crippen molar-refractivity contribution in [3.05, 3.63) is 58.8 Å². The highest BCUT2D eigenvalue weighted by Gasteiger charge is 2.08. The minimum atomic E-state index is 0.362. The Morgan fingerprint density at radius 3 is 2.90 bits per heavy atom. The van der Waals surface area contributed by atoms with Gasteiger partial charge in [-0.05, 0) is 29.8 Å². The zero-order chi connectivity index (χ0) is 14.7. The molecule has 0 aliphatic heterocycles. The number of rotatable bonds is 4. The Bertz CT molecular complexity index is 740. The van der Waals surface area contributed by atoms with Crippen molar-refractivity contribution in [2.24, 2.45) is 0 Å². The van der Waals surface area contributed by atoms with Crippen LogP contribution in [0.2, 0.25) is 0 Å². The maximum atomic E-state index is 5.90. The molecule has 21 heavy (non-hydrogen) atoms. The molecule has 2 heterocycles. The van der Waals surface area contributed by atoms with E-state index in [1.807, 2.05) is 36.4 Å². The average molecular weight is 345 g/mol. The third-order valence-electron chi connectivity index (χ3n) is 2.84. The summed E-state index contributed by atoms with van der Waals surface area (Å²) in [6.07, 6.45) is 3.41. The number of hydrogen-bond acceptors (Lipinski definition) is 5. The highest BCUT2D eigenvalue weighted by atomic mass is 79.9. The summed E-state index contributed by atoms with van der Waals surface area (Å²) < 4.78 is 2.67. The predicted molar refractivity (Wildman–Crippen MR) is 85.2 cm³/mol. The zero-order valence-electron chi connectivity index (χ0n) is 11.1. The molecular formula is C14H13BrN6. The van der Waals surface area contributed by atoms with Crippen LogP contribution in [0.15, 0.2) is 53.3 Å². The first-order valence-electron chi connectivity index (χ1n) is 6.32. The van der Waals surface area contributed by atoms with Gasteiger partial charge in [-0.3, -0.25) is 4.98 Å². The lowest BCUT2D eigenvalue weighted by molar-refractivity contribution is 0.698. The Labute approximate surface area is 130 Å². The minimum Gasteiger partial charge on any atom is -0.368 e. The van der Waals surface area contributed by atoms with Gasteiger partial charge in [0.15, 0.2) is 0 Å². The molecule has 0 spiro atoms. The number of nitrogens with two attached hydrogens (primary N) is 1. The predicted octanol–water partition coefficient (Wildman–Crippen LogP) is 2.81. The van der Waals surface area contributed by atoms with E-state index in [4.69, 9.17) is 5.73 Å². The second kappa shape index (κ2) is 5.92. The lowest BCUT2D eigenvalue weighted by Gasteiger charge is -2.03. The van der Waals surface area contributed by atoms with Crippen molar-refractivity contribution in [2.45, 2.75) is 6.54 Å². The molecule has 0 aliphatic rings. The van der Waals surface area contributed by atoms with Gasteiger partial charge in [-0.15, -0.1) is 5.10 Å². The monoisotopic (exact) mass is 344 g/mol. The van der Waals surface area contributed by atoms with Gasteiger partial charge >= 0.3 is 0 Å². The summed E-state index contributed by atoms with van der Waals surface area (Å²) in [5.74, 6) is 0.817. The Hall–Kier alpha value is -2.41. The molecule has 0 radical (unpaired) electrons. The smallest absolute Gasteiger partial charge is 0.248 e. The summed E-state index contributed by atoms with van der Waals surface area (Å²) in [5.41, 5.74) is 7.81. The molecule has 1 aromatic carbocycles. The molecule has 0 aliphatic carbocycles. The van der Waals surface area contributed by atoms with Gasteiger partial charge < -0.3 is 11.1 Å². The van der Waals surface area contributed by atoms with Gasteiger partial charge in [0, 0.05) is 10.7 Å². The molecule has 0 bridgehead atoms. The third kappa shape index (κ3) is 3.38. The number of benzene rings is 1. The molecule has 0 fully saturated rings. The second-order valence-corrected chi connectivity index (χ2v) is 5.36. The van der Waals surface area contributed by atoms with Crippen molar-refractivity contribution in [3.8, 4) is 0 Å². The number of nitrogens with zero attached hydrogens (tertiary/aromatic N) is 4. The van der Waals surface area contributed by atoms with E-state index in [-0.39, 0.29) is 0 Å². The van der Waals surface area contributed by atoms with Gasteiger partial charge in [0.05, 0.1) is 18.4 Å². The van der Waals surface area contributed by atoms with Crippen molar-refractivity contribution in [1.82, 2.24) is 19.7 Å². The topological polar surface area (TPSA) is 81.7 Å². The molecule has 106 valence electrons. The summed E-state index contributed by atoms with van der Waals surface area (Å²) in [6.45, 7) is 0.562. The number of pyridine rings is 1. The number of hydrogen-bond donors (Lipinski definition) is 2. The van der Waals surface area contributed by atoms with E-state index in [1.54, 1.807) is 17.1 Å². The van der Waals surface area contributed by atoms with Crippen LogP contribution in [-0.4, -0.2) is 19.7 Å². The first-order chi connectivity index (χ1) is 10.2. The van der Waals surface area contributed by atoms with Crippen molar-refractivity contribution >= 4 is 33.5 Å². The van der Waals surface area contributed by atoms with Crippen LogP contribution in [0.3, 0.4) is 0 Å². The number of aromatic nitrogens is 4. The first kappa shape index (κ1) is 13.6. The Morgan fingerprint density at radius 1 is 1.24 bits per heavy atom. The standard InChI is InChI=1S/C14H13BrN6/c15-11-4-1-3-10(7-11)9-21-13(16)19-14(20-21)18-12-5-2-6-17-8-12/h1-8H,9H2,(H3,16,18,19,20). The first-order valence-corrected chi connectivity index (χ1v) is 7.12. The van der Waals surface area contributed by atoms with E-state index in [2.05, 4.69) is 36.3 Å². The number of anilines is 3. The Kier molecular flexibility index (Phi) is 3.83. The van der Waals surface area contributed by atoms with Crippen LogP contribution in [0.4, 0.5) is 17.6 Å². The molecule has 6 nitrogen and oxygen atoms in total. The van der Waals surface area contributed by atoms with Crippen LogP contribution in [0.25, 0.3) is 0 Å². The van der Waals surface area contributed by atoms with Gasteiger partial charge in [0.2, 0.25) is 11.9 Å². The van der Waals surface area contributed by atoms with Crippen molar-refractivity contribution in [2.75, 3.05) is 11.1 Å². The van der Waals surface area contributed by atoms with Crippen molar-refractivity contribution in [3.63, 3.8) is 0 Å². The quantitative estimate of drug-likeness (QED) is 0.760. The van der Waals surface area contributed by atoms with Crippen LogP contribution < -0.4 is 11.1 Å². The molecule has 3 rings (SSSR count). The molecule has 7 heteroatoms. The molecule has 3 N–H and O–H groups in total. The van der Waals surface area contributed by atoms with Gasteiger partial charge in [0.25, 0.3) is 0 Å². The van der Waals surface area contributed by atoms with Crippen LogP contribution in [0.5, 0.6) is 0 Å². The van der Waals surface area contributed by atoms with E-state index < -0.39 is 0 Å². The average Bonchev–Trinajstić information content (AvgIpc) is 2.80. The Balaban J connectivity index is 1.78. The Morgan fingerprint density at radius 2 is 2.14 bits per heavy atom. The van der Waals surface area contributed by atoms with E-state index in [1.165, 1.54) is 0 Å². The van der Waals surface area contributed by atoms with Gasteiger partial charge in [-0.2, -0.15) is 4.98 Å². The fourth-order valence-electron chi connectivity index (χ4n) is 1.90. The summed E-state index contributed by atoms with van der Waals surface area (Å²) in [4.78, 5) is 8.23. The minimum absolute atomic E-state index is 0.362. The van der Waals surface area contributed by atoms with Crippen LogP contribution in [0, 0.1) is 0 Å². The van der Waals surface area contributed by atoms with Crippen molar-refractivity contribution < 1.29 is 0 Å². The molecule has 3 aromatic rings. The lowest BCUT2D eigenvalue weighted by Crippen LogP contribution is -2.06. The lowest BCUT2D eigenvalue weighted by atomic mass is 10.2. The highest BCUT2D eigenvalue weighted by Crippen LogP contribution is 2.16. The summed E-state index contributed by atoms with van der Waals surface area (Å²) >= 11 is 3.45. The molecule has 0 saturated carbocycles.